The van der Waals surface area contributed by atoms with Crippen molar-refractivity contribution in [3.8, 4) is 10.6 Å². The number of aromatic nitrogens is 1. The summed E-state index contributed by atoms with van der Waals surface area (Å²) in [6, 6.07) is 7.60. The van der Waals surface area contributed by atoms with Gasteiger partial charge in [-0.15, -0.1) is 11.3 Å². The molecule has 0 spiro atoms. The molecule has 0 unspecified atom stereocenters. The molecule has 0 N–H and O–H groups in total. The van der Waals surface area contributed by atoms with Gasteiger partial charge in [0.25, 0.3) is 5.91 Å². The molecule has 2 heterocycles. The van der Waals surface area contributed by atoms with E-state index in [4.69, 9.17) is 11.6 Å². The number of nitrogens with zero attached hydrogens (tertiary/aromatic N) is 2. The second-order valence-electron chi connectivity index (χ2n) is 6.89. The molecule has 2 aromatic rings. The first-order valence-electron chi connectivity index (χ1n) is 8.71. The lowest BCUT2D eigenvalue weighted by molar-refractivity contribution is 0.0516. The molecular formula is C19H21ClN2OS. The van der Waals surface area contributed by atoms with E-state index in [0.717, 1.165) is 36.0 Å². The average Bonchev–Trinajstić information content (AvgIpc) is 3.11. The van der Waals surface area contributed by atoms with Crippen molar-refractivity contribution in [3.05, 3.63) is 40.4 Å². The summed E-state index contributed by atoms with van der Waals surface area (Å²) in [5.41, 5.74) is 1.59. The molecule has 126 valence electrons. The topological polar surface area (TPSA) is 33.2 Å². The van der Waals surface area contributed by atoms with Gasteiger partial charge in [0, 0.05) is 29.1 Å². The van der Waals surface area contributed by atoms with Crippen molar-refractivity contribution < 1.29 is 4.79 Å². The highest BCUT2D eigenvalue weighted by atomic mass is 35.5. The third kappa shape index (κ3) is 3.22. The predicted molar refractivity (Wildman–Crippen MR) is 98.5 cm³/mol. The van der Waals surface area contributed by atoms with Crippen molar-refractivity contribution in [2.24, 2.45) is 11.8 Å². The first kappa shape index (κ1) is 16.1. The summed E-state index contributed by atoms with van der Waals surface area (Å²) < 4.78 is 0. The lowest BCUT2D eigenvalue weighted by atomic mass is 9.75. The van der Waals surface area contributed by atoms with E-state index < -0.39 is 0 Å². The van der Waals surface area contributed by atoms with Crippen molar-refractivity contribution in [1.82, 2.24) is 9.88 Å². The van der Waals surface area contributed by atoms with Crippen LogP contribution in [0.5, 0.6) is 0 Å². The predicted octanol–water partition coefficient (Wildman–Crippen LogP) is 5.12. The average molecular weight is 361 g/mol. The Hall–Kier alpha value is -1.39. The zero-order chi connectivity index (χ0) is 16.5. The van der Waals surface area contributed by atoms with Gasteiger partial charge < -0.3 is 4.90 Å². The van der Waals surface area contributed by atoms with Crippen LogP contribution in [0.4, 0.5) is 0 Å². The number of rotatable bonds is 2. The molecule has 2 atom stereocenters. The number of carbonyl (C=O) groups excluding carboxylic acids is 1. The fourth-order valence-electron chi connectivity index (χ4n) is 4.04. The molecule has 24 heavy (non-hydrogen) atoms. The van der Waals surface area contributed by atoms with Gasteiger partial charge in [0.1, 0.15) is 10.7 Å². The summed E-state index contributed by atoms with van der Waals surface area (Å²) in [4.78, 5) is 19.4. The van der Waals surface area contributed by atoms with Crippen molar-refractivity contribution >= 4 is 28.8 Å². The Labute approximate surface area is 151 Å². The maximum atomic E-state index is 12.8. The number of fused-ring (bicyclic) bond motifs is 1. The molecule has 1 aliphatic heterocycles. The first-order chi connectivity index (χ1) is 11.7. The van der Waals surface area contributed by atoms with Crippen LogP contribution in [-0.4, -0.2) is 28.9 Å². The molecule has 0 bridgehead atoms. The Kier molecular flexibility index (Phi) is 4.59. The molecule has 1 aliphatic carbocycles. The van der Waals surface area contributed by atoms with Gasteiger partial charge in [0.05, 0.1) is 0 Å². The van der Waals surface area contributed by atoms with E-state index in [1.807, 2.05) is 34.5 Å². The van der Waals surface area contributed by atoms with Crippen molar-refractivity contribution in [2.45, 2.75) is 32.1 Å². The van der Waals surface area contributed by atoms with Gasteiger partial charge in [-0.2, -0.15) is 0 Å². The van der Waals surface area contributed by atoms with Gasteiger partial charge in [-0.05, 0) is 36.8 Å². The number of hydrogen-bond donors (Lipinski definition) is 0. The van der Waals surface area contributed by atoms with Crippen LogP contribution >= 0.6 is 22.9 Å². The van der Waals surface area contributed by atoms with Crippen LogP contribution < -0.4 is 0 Å². The SMILES string of the molecule is O=C(c1csc(-c2ccc(Cl)cc2)n1)N1CC[C@@H]2CCCC[C@@H]2C1. The molecule has 5 heteroatoms. The maximum absolute atomic E-state index is 12.8. The van der Waals surface area contributed by atoms with Gasteiger partial charge >= 0.3 is 0 Å². The zero-order valence-corrected chi connectivity index (χ0v) is 15.2. The fourth-order valence-corrected chi connectivity index (χ4v) is 4.97. The van der Waals surface area contributed by atoms with Gasteiger partial charge in [-0.3, -0.25) is 4.79 Å². The Balaban J connectivity index is 1.48. The van der Waals surface area contributed by atoms with Crippen LogP contribution in [-0.2, 0) is 0 Å². The largest absolute Gasteiger partial charge is 0.337 e. The molecule has 3 nitrogen and oxygen atoms in total. The highest BCUT2D eigenvalue weighted by Crippen LogP contribution is 2.36. The first-order valence-corrected chi connectivity index (χ1v) is 9.97. The minimum atomic E-state index is 0.0930. The normalized spacial score (nSPS) is 23.8. The Bertz CT molecular complexity index is 727. The summed E-state index contributed by atoms with van der Waals surface area (Å²) in [7, 11) is 0. The third-order valence-corrected chi connectivity index (χ3v) is 6.54. The molecular weight excluding hydrogens is 340 g/mol. The molecule has 0 radical (unpaired) electrons. The number of halogens is 1. The van der Waals surface area contributed by atoms with Crippen molar-refractivity contribution in [3.63, 3.8) is 0 Å². The van der Waals surface area contributed by atoms with E-state index in [2.05, 4.69) is 4.98 Å². The Morgan fingerprint density at radius 2 is 1.88 bits per heavy atom. The van der Waals surface area contributed by atoms with E-state index in [1.54, 1.807) is 0 Å². The zero-order valence-electron chi connectivity index (χ0n) is 13.6. The number of thiazole rings is 1. The van der Waals surface area contributed by atoms with Crippen LogP contribution in [0.25, 0.3) is 10.6 Å². The summed E-state index contributed by atoms with van der Waals surface area (Å²) in [5, 5.41) is 3.48. The number of piperidine rings is 1. The van der Waals surface area contributed by atoms with Gasteiger partial charge in [-0.1, -0.05) is 43.0 Å². The van der Waals surface area contributed by atoms with E-state index >= 15 is 0 Å². The molecule has 2 fully saturated rings. The third-order valence-electron chi connectivity index (χ3n) is 5.39. The quantitative estimate of drug-likeness (QED) is 0.745. The molecule has 4 rings (SSSR count). The van der Waals surface area contributed by atoms with Crippen LogP contribution in [0.2, 0.25) is 5.02 Å². The molecule has 1 aromatic carbocycles. The molecule has 1 saturated heterocycles. The lowest BCUT2D eigenvalue weighted by Crippen LogP contribution is -2.44. The van der Waals surface area contributed by atoms with Crippen LogP contribution in [0.3, 0.4) is 0 Å². The molecule has 2 aliphatic rings. The summed E-state index contributed by atoms with van der Waals surface area (Å²) in [6.07, 6.45) is 6.47. The van der Waals surface area contributed by atoms with E-state index in [9.17, 15) is 4.79 Å². The smallest absolute Gasteiger partial charge is 0.273 e. The number of amides is 1. The number of carbonyl (C=O) groups is 1. The molecule has 1 amide bonds. The van der Waals surface area contributed by atoms with Crippen molar-refractivity contribution in [2.75, 3.05) is 13.1 Å². The lowest BCUT2D eigenvalue weighted by Gasteiger charge is -2.41. The summed E-state index contributed by atoms with van der Waals surface area (Å²) in [6.45, 7) is 1.80. The second kappa shape index (κ2) is 6.85. The summed E-state index contributed by atoms with van der Waals surface area (Å²) >= 11 is 7.46. The van der Waals surface area contributed by atoms with E-state index in [1.165, 1.54) is 37.0 Å². The second-order valence-corrected chi connectivity index (χ2v) is 8.18. The maximum Gasteiger partial charge on any atom is 0.273 e. The minimum absolute atomic E-state index is 0.0930. The van der Waals surface area contributed by atoms with Crippen molar-refractivity contribution in [1.29, 1.82) is 0 Å². The van der Waals surface area contributed by atoms with E-state index in [-0.39, 0.29) is 5.91 Å². The number of hydrogen-bond acceptors (Lipinski definition) is 3. The van der Waals surface area contributed by atoms with Crippen LogP contribution in [0.15, 0.2) is 29.6 Å². The van der Waals surface area contributed by atoms with Crippen LogP contribution in [0, 0.1) is 11.8 Å². The summed E-state index contributed by atoms with van der Waals surface area (Å²) in [5.74, 6) is 1.63. The standard InChI is InChI=1S/C19H21ClN2OS/c20-16-7-5-14(6-8-16)18-21-17(12-24-18)19(23)22-10-9-13-3-1-2-4-15(13)11-22/h5-8,12-13,15H,1-4,9-11H2/t13-,15+/m0/s1. The van der Waals surface area contributed by atoms with E-state index in [0.29, 0.717) is 16.6 Å². The Morgan fingerprint density at radius 3 is 2.67 bits per heavy atom. The number of likely N-dealkylation sites (tertiary alicyclic amines) is 1. The monoisotopic (exact) mass is 360 g/mol. The van der Waals surface area contributed by atoms with Gasteiger partial charge in [0.15, 0.2) is 0 Å². The highest BCUT2D eigenvalue weighted by Gasteiger charge is 2.33. The van der Waals surface area contributed by atoms with Crippen LogP contribution in [0.1, 0.15) is 42.6 Å². The molecule has 1 aromatic heterocycles. The van der Waals surface area contributed by atoms with Gasteiger partial charge in [0.2, 0.25) is 0 Å². The highest BCUT2D eigenvalue weighted by molar-refractivity contribution is 7.13. The fraction of sp³-hybridized carbons (Fsp3) is 0.474. The van der Waals surface area contributed by atoms with Gasteiger partial charge in [-0.25, -0.2) is 4.98 Å². The Morgan fingerprint density at radius 1 is 1.12 bits per heavy atom. The minimum Gasteiger partial charge on any atom is -0.337 e. The molecule has 1 saturated carbocycles. The number of benzene rings is 1.